The second-order valence-electron chi connectivity index (χ2n) is 5.98. The van der Waals surface area contributed by atoms with Gasteiger partial charge in [0, 0.05) is 18.5 Å². The molecular formula is C17H12N4O5S2. The molecule has 0 radical (unpaired) electrons. The standard InChI is InChI=1S/C17H12N4O5S2/c1-7-4-10(9-6-19-13-11(20-9)8(5-18-13)16(24)25)28-12(7)14(22)21-2-3-27-17(26)15(21)23/h4-6H,2-3H2,1H3,(H,18,19)(H,24,25). The molecule has 9 nitrogen and oxygen atoms in total. The molecule has 2 N–H and O–H groups in total. The lowest BCUT2D eigenvalue weighted by Crippen LogP contribution is -2.45. The van der Waals surface area contributed by atoms with E-state index in [2.05, 4.69) is 15.0 Å². The van der Waals surface area contributed by atoms with Crippen molar-refractivity contribution in [2.45, 2.75) is 6.92 Å². The van der Waals surface area contributed by atoms with Gasteiger partial charge in [-0.2, -0.15) is 0 Å². The van der Waals surface area contributed by atoms with Crippen LogP contribution in [0.5, 0.6) is 0 Å². The first-order chi connectivity index (χ1) is 13.4. The number of nitrogens with zero attached hydrogens (tertiary/aromatic N) is 3. The van der Waals surface area contributed by atoms with Crippen LogP contribution >= 0.6 is 23.1 Å². The van der Waals surface area contributed by atoms with Crippen LogP contribution in [0, 0.1) is 6.92 Å². The maximum absolute atomic E-state index is 12.8. The molecule has 3 aromatic rings. The zero-order valence-corrected chi connectivity index (χ0v) is 16.0. The molecule has 3 aromatic heterocycles. The van der Waals surface area contributed by atoms with Crippen LogP contribution in [-0.2, 0) is 9.59 Å². The summed E-state index contributed by atoms with van der Waals surface area (Å²) in [7, 11) is 0. The fourth-order valence-corrected chi connectivity index (χ4v) is 4.58. The van der Waals surface area contributed by atoms with Crippen molar-refractivity contribution >= 4 is 57.2 Å². The minimum absolute atomic E-state index is 0.00357. The Kier molecular flexibility index (Phi) is 4.47. The molecule has 1 saturated heterocycles. The number of thiophene rings is 1. The highest BCUT2D eigenvalue weighted by Gasteiger charge is 2.33. The van der Waals surface area contributed by atoms with Gasteiger partial charge in [-0.1, -0.05) is 11.8 Å². The van der Waals surface area contributed by atoms with Gasteiger partial charge in [-0.25, -0.2) is 14.8 Å². The minimum atomic E-state index is -1.12. The smallest absolute Gasteiger partial charge is 0.339 e. The molecule has 0 unspecified atom stereocenters. The normalized spacial score (nSPS) is 14.7. The highest BCUT2D eigenvalue weighted by atomic mass is 32.2. The van der Waals surface area contributed by atoms with E-state index in [1.165, 1.54) is 12.4 Å². The maximum atomic E-state index is 12.8. The second kappa shape index (κ2) is 6.84. The fraction of sp³-hybridized carbons (Fsp3) is 0.176. The Hall–Kier alpha value is -3.05. The van der Waals surface area contributed by atoms with E-state index in [4.69, 9.17) is 0 Å². The molecule has 0 saturated carbocycles. The molecule has 2 amide bonds. The minimum Gasteiger partial charge on any atom is -0.478 e. The Morgan fingerprint density at radius 2 is 2.11 bits per heavy atom. The van der Waals surface area contributed by atoms with Crippen LogP contribution < -0.4 is 0 Å². The molecule has 0 aromatic carbocycles. The quantitative estimate of drug-likeness (QED) is 0.489. The van der Waals surface area contributed by atoms with E-state index in [1.54, 1.807) is 13.0 Å². The van der Waals surface area contributed by atoms with Gasteiger partial charge in [-0.15, -0.1) is 11.3 Å². The average Bonchev–Trinajstić information content (AvgIpc) is 3.26. The summed E-state index contributed by atoms with van der Waals surface area (Å²) >= 11 is 2.03. The lowest BCUT2D eigenvalue weighted by molar-refractivity contribution is -0.138. The van der Waals surface area contributed by atoms with E-state index >= 15 is 0 Å². The van der Waals surface area contributed by atoms with Crippen LogP contribution in [0.15, 0.2) is 18.5 Å². The number of carbonyl (C=O) groups is 4. The summed E-state index contributed by atoms with van der Waals surface area (Å²) < 4.78 is 0. The van der Waals surface area contributed by atoms with Crippen LogP contribution in [0.25, 0.3) is 21.7 Å². The highest BCUT2D eigenvalue weighted by Crippen LogP contribution is 2.32. The van der Waals surface area contributed by atoms with Gasteiger partial charge in [0.05, 0.1) is 21.6 Å². The summed E-state index contributed by atoms with van der Waals surface area (Å²) in [5.41, 5.74) is 1.62. The van der Waals surface area contributed by atoms with E-state index in [0.717, 1.165) is 28.0 Å². The van der Waals surface area contributed by atoms with Crippen LogP contribution in [0.1, 0.15) is 25.6 Å². The topological polar surface area (TPSA) is 133 Å². The summed E-state index contributed by atoms with van der Waals surface area (Å²) in [4.78, 5) is 60.9. The van der Waals surface area contributed by atoms with Crippen molar-refractivity contribution in [3.05, 3.63) is 34.5 Å². The summed E-state index contributed by atoms with van der Waals surface area (Å²) in [6.45, 7) is 1.90. The van der Waals surface area contributed by atoms with Crippen molar-refractivity contribution < 1.29 is 24.3 Å². The lowest BCUT2D eigenvalue weighted by atomic mass is 10.2. The van der Waals surface area contributed by atoms with Crippen molar-refractivity contribution in [3.8, 4) is 10.6 Å². The zero-order valence-electron chi connectivity index (χ0n) is 14.4. The van der Waals surface area contributed by atoms with Gasteiger partial charge in [0.1, 0.15) is 11.1 Å². The number of thioether (sulfide) groups is 1. The molecule has 11 heteroatoms. The third kappa shape index (κ3) is 2.98. The van der Waals surface area contributed by atoms with Gasteiger partial charge in [-0.3, -0.25) is 19.3 Å². The second-order valence-corrected chi connectivity index (χ2v) is 8.10. The molecule has 0 spiro atoms. The third-order valence-electron chi connectivity index (χ3n) is 4.19. The van der Waals surface area contributed by atoms with Gasteiger partial charge >= 0.3 is 11.9 Å². The van der Waals surface area contributed by atoms with Crippen molar-refractivity contribution in [2.75, 3.05) is 12.3 Å². The number of nitrogens with one attached hydrogen (secondary N) is 1. The fourth-order valence-electron chi connectivity index (χ4n) is 2.81. The SMILES string of the molecule is Cc1cc(-c2cnc3[nH]cc(C(=O)O)c3n2)sc1C(=O)N1CCSC(=O)C1=O. The van der Waals surface area contributed by atoms with Crippen molar-refractivity contribution in [1.82, 2.24) is 19.9 Å². The van der Waals surface area contributed by atoms with Gasteiger partial charge in [0.2, 0.25) is 0 Å². The Morgan fingerprint density at radius 1 is 1.32 bits per heavy atom. The monoisotopic (exact) mass is 416 g/mol. The van der Waals surface area contributed by atoms with Gasteiger partial charge in [0.25, 0.3) is 11.0 Å². The molecule has 142 valence electrons. The molecule has 4 rings (SSSR count). The lowest BCUT2D eigenvalue weighted by Gasteiger charge is -2.22. The third-order valence-corrected chi connectivity index (χ3v) is 6.26. The highest BCUT2D eigenvalue weighted by molar-refractivity contribution is 8.15. The molecule has 4 heterocycles. The van der Waals surface area contributed by atoms with Crippen molar-refractivity contribution in [1.29, 1.82) is 0 Å². The number of aryl methyl sites for hydroxylation is 1. The number of carbonyl (C=O) groups excluding carboxylic acids is 3. The number of H-pyrrole nitrogens is 1. The van der Waals surface area contributed by atoms with Crippen LogP contribution in [0.3, 0.4) is 0 Å². The molecule has 1 fully saturated rings. The first-order valence-electron chi connectivity index (χ1n) is 8.08. The van der Waals surface area contributed by atoms with E-state index in [-0.39, 0.29) is 17.6 Å². The number of fused-ring (bicyclic) bond motifs is 1. The van der Waals surface area contributed by atoms with Gasteiger partial charge in [0.15, 0.2) is 5.65 Å². The Balaban J connectivity index is 1.71. The number of hydrogen-bond donors (Lipinski definition) is 2. The average molecular weight is 416 g/mol. The number of amides is 2. The van der Waals surface area contributed by atoms with Gasteiger partial charge in [-0.05, 0) is 18.6 Å². The Bertz CT molecular complexity index is 1170. The van der Waals surface area contributed by atoms with Crippen LogP contribution in [0.2, 0.25) is 0 Å². The number of aromatic nitrogens is 3. The number of hydrogen-bond acceptors (Lipinski definition) is 8. The Morgan fingerprint density at radius 3 is 2.86 bits per heavy atom. The van der Waals surface area contributed by atoms with E-state index in [1.807, 2.05) is 0 Å². The molecule has 1 aliphatic rings. The van der Waals surface area contributed by atoms with Crippen molar-refractivity contribution in [2.24, 2.45) is 0 Å². The number of rotatable bonds is 3. The number of aromatic carboxylic acids is 1. The predicted octanol–water partition coefficient (Wildman–Crippen LogP) is 1.94. The maximum Gasteiger partial charge on any atom is 0.339 e. The summed E-state index contributed by atoms with van der Waals surface area (Å²) in [5, 5.41) is 8.61. The number of carboxylic acids is 1. The molecule has 28 heavy (non-hydrogen) atoms. The number of carboxylic acid groups (broad SMARTS) is 1. The largest absolute Gasteiger partial charge is 0.478 e. The molecule has 0 aliphatic carbocycles. The first kappa shape index (κ1) is 18.3. The number of aromatic amines is 1. The van der Waals surface area contributed by atoms with Crippen LogP contribution in [0.4, 0.5) is 0 Å². The summed E-state index contributed by atoms with van der Waals surface area (Å²) in [6, 6.07) is 1.73. The van der Waals surface area contributed by atoms with Crippen LogP contribution in [-0.4, -0.2) is 60.2 Å². The molecule has 0 atom stereocenters. The van der Waals surface area contributed by atoms with E-state index in [0.29, 0.717) is 32.4 Å². The summed E-state index contributed by atoms with van der Waals surface area (Å²) in [5.74, 6) is -2.08. The van der Waals surface area contributed by atoms with E-state index < -0.39 is 22.9 Å². The van der Waals surface area contributed by atoms with E-state index in [9.17, 15) is 24.3 Å². The van der Waals surface area contributed by atoms with Crippen molar-refractivity contribution in [3.63, 3.8) is 0 Å². The first-order valence-corrected chi connectivity index (χ1v) is 9.88. The number of imide groups is 1. The predicted molar refractivity (Wildman–Crippen MR) is 102 cm³/mol. The molecule has 0 bridgehead atoms. The molecule has 1 aliphatic heterocycles. The molecular weight excluding hydrogens is 404 g/mol. The zero-order chi connectivity index (χ0) is 20.0. The van der Waals surface area contributed by atoms with Gasteiger partial charge < -0.3 is 10.1 Å². The summed E-state index contributed by atoms with van der Waals surface area (Å²) in [6.07, 6.45) is 2.80. The Labute approximate surface area is 165 Å².